The van der Waals surface area contributed by atoms with Crippen molar-refractivity contribution in [1.82, 2.24) is 14.9 Å². The number of aromatic nitrogens is 2. The molecule has 7 heteroatoms. The van der Waals surface area contributed by atoms with E-state index < -0.39 is 0 Å². The van der Waals surface area contributed by atoms with E-state index in [2.05, 4.69) is 28.8 Å². The first-order valence-corrected chi connectivity index (χ1v) is 9.05. The average Bonchev–Trinajstić information content (AvgIpc) is 3.23. The van der Waals surface area contributed by atoms with Crippen LogP contribution in [-0.4, -0.2) is 22.1 Å². The van der Waals surface area contributed by atoms with Gasteiger partial charge >= 0.3 is 0 Å². The lowest BCUT2D eigenvalue weighted by Gasteiger charge is -2.06. The molecule has 1 amide bonds. The van der Waals surface area contributed by atoms with Gasteiger partial charge in [0.25, 0.3) is 5.91 Å². The number of nitrogens with one attached hydrogen (secondary N) is 1. The number of carbonyl (C=O) groups excluding carboxylic acids is 1. The van der Waals surface area contributed by atoms with Crippen LogP contribution in [0.2, 0.25) is 0 Å². The Hall–Kier alpha value is -1.31. The third kappa shape index (κ3) is 3.37. The monoisotopic (exact) mass is 337 g/mol. The number of rotatable bonds is 5. The van der Waals surface area contributed by atoms with Crippen LogP contribution in [0.3, 0.4) is 0 Å². The molecule has 5 nitrogen and oxygen atoms in total. The van der Waals surface area contributed by atoms with Gasteiger partial charge in [-0.3, -0.25) is 4.79 Å². The maximum absolute atomic E-state index is 12.3. The number of hydrogen-bond acceptors (Lipinski definition) is 6. The minimum atomic E-state index is -0.0441. The molecule has 1 atom stereocenters. The van der Waals surface area contributed by atoms with Gasteiger partial charge in [0.15, 0.2) is 0 Å². The van der Waals surface area contributed by atoms with Gasteiger partial charge in [0.2, 0.25) is 0 Å². The minimum absolute atomic E-state index is 0.0441. The van der Waals surface area contributed by atoms with E-state index in [4.69, 9.17) is 4.74 Å². The molecule has 22 heavy (non-hydrogen) atoms. The molecule has 0 radical (unpaired) electrons. The first kappa shape index (κ1) is 15.6. The lowest BCUT2D eigenvalue weighted by molar-refractivity contribution is 0.0955. The van der Waals surface area contributed by atoms with Gasteiger partial charge < -0.3 is 10.1 Å². The molecule has 118 valence electrons. The second kappa shape index (κ2) is 6.85. The van der Waals surface area contributed by atoms with Crippen LogP contribution >= 0.6 is 22.9 Å². The number of carbonyl (C=O) groups is 1. The largest absolute Gasteiger partial charge is 0.373 e. The summed E-state index contributed by atoms with van der Waals surface area (Å²) >= 11 is 2.87. The van der Waals surface area contributed by atoms with Crippen LogP contribution in [0.4, 0.5) is 0 Å². The van der Waals surface area contributed by atoms with Gasteiger partial charge in [-0.25, -0.2) is 0 Å². The summed E-state index contributed by atoms with van der Waals surface area (Å²) in [7, 11) is 0. The Morgan fingerprint density at radius 2 is 2.36 bits per heavy atom. The highest BCUT2D eigenvalue weighted by molar-refractivity contribution is 7.14. The fourth-order valence-electron chi connectivity index (χ4n) is 2.47. The number of nitrogens with zero attached hydrogens (tertiary/aromatic N) is 2. The molecule has 2 aromatic rings. The van der Waals surface area contributed by atoms with Crippen molar-refractivity contribution in [3.8, 4) is 0 Å². The summed E-state index contributed by atoms with van der Waals surface area (Å²) in [6.07, 6.45) is 2.32. The average molecular weight is 337 g/mol. The first-order valence-electron chi connectivity index (χ1n) is 7.46. The second-order valence-corrected chi connectivity index (χ2v) is 7.58. The molecular weight excluding hydrogens is 318 g/mol. The van der Waals surface area contributed by atoms with E-state index in [1.54, 1.807) is 0 Å². The Morgan fingerprint density at radius 3 is 3.09 bits per heavy atom. The van der Waals surface area contributed by atoms with Crippen LogP contribution in [0.1, 0.15) is 63.8 Å². The van der Waals surface area contributed by atoms with Gasteiger partial charge in [0.05, 0.1) is 28.1 Å². The van der Waals surface area contributed by atoms with Crippen molar-refractivity contribution in [2.24, 2.45) is 0 Å². The van der Waals surface area contributed by atoms with Crippen molar-refractivity contribution in [2.75, 3.05) is 6.61 Å². The maximum Gasteiger partial charge on any atom is 0.261 e. The summed E-state index contributed by atoms with van der Waals surface area (Å²) in [4.78, 5) is 15.2. The molecule has 0 saturated carbocycles. The molecule has 0 bridgehead atoms. The van der Waals surface area contributed by atoms with Crippen LogP contribution in [-0.2, 0) is 11.3 Å². The second-order valence-electron chi connectivity index (χ2n) is 5.62. The van der Waals surface area contributed by atoms with E-state index in [0.29, 0.717) is 12.5 Å². The normalized spacial score (nSPS) is 18.0. The summed E-state index contributed by atoms with van der Waals surface area (Å²) in [6.45, 7) is 5.46. The first-order chi connectivity index (χ1) is 10.6. The van der Waals surface area contributed by atoms with Gasteiger partial charge in [-0.1, -0.05) is 18.3 Å². The number of amides is 1. The third-order valence-electron chi connectivity index (χ3n) is 3.64. The third-order valence-corrected chi connectivity index (χ3v) is 5.55. The van der Waals surface area contributed by atoms with Crippen molar-refractivity contribution in [1.29, 1.82) is 0 Å². The van der Waals surface area contributed by atoms with Crippen LogP contribution in [0.15, 0.2) is 12.1 Å². The van der Waals surface area contributed by atoms with Crippen LogP contribution in [0.5, 0.6) is 0 Å². The molecular formula is C15H19N3O2S2. The van der Waals surface area contributed by atoms with Crippen molar-refractivity contribution in [3.63, 3.8) is 0 Å². The van der Waals surface area contributed by atoms with Crippen LogP contribution in [0, 0.1) is 0 Å². The van der Waals surface area contributed by atoms with Crippen molar-refractivity contribution < 1.29 is 9.53 Å². The Morgan fingerprint density at radius 1 is 1.50 bits per heavy atom. The van der Waals surface area contributed by atoms with Gasteiger partial charge in [-0.05, 0) is 42.4 Å². The summed E-state index contributed by atoms with van der Waals surface area (Å²) in [5.41, 5.74) is 0.969. The quantitative estimate of drug-likeness (QED) is 0.907. The molecule has 0 unspecified atom stereocenters. The molecule has 3 heterocycles. The number of ether oxygens (including phenoxy) is 1. The predicted octanol–water partition coefficient (Wildman–Crippen LogP) is 3.50. The molecule has 0 aliphatic carbocycles. The lowest BCUT2D eigenvalue weighted by atomic mass is 10.1. The standard InChI is InChI=1S/C15H19N3O2S2/c1-9(2)14-13(22-18-17-14)8-16-15(19)12-6-5-11(21-12)10-4-3-7-20-10/h5-6,9-10H,3-4,7-8H2,1-2H3,(H,16,19)/t10-/m0/s1. The summed E-state index contributed by atoms with van der Waals surface area (Å²) in [5, 5.41) is 7.09. The highest BCUT2D eigenvalue weighted by atomic mass is 32.1. The predicted molar refractivity (Wildman–Crippen MR) is 87.4 cm³/mol. The molecule has 3 rings (SSSR count). The van der Waals surface area contributed by atoms with E-state index in [1.165, 1.54) is 22.9 Å². The molecule has 1 fully saturated rings. The molecule has 1 saturated heterocycles. The van der Waals surface area contributed by atoms with Crippen LogP contribution in [0.25, 0.3) is 0 Å². The zero-order chi connectivity index (χ0) is 15.5. The molecule has 1 aliphatic heterocycles. The Balaban J connectivity index is 1.61. The highest BCUT2D eigenvalue weighted by Crippen LogP contribution is 2.33. The number of thiophene rings is 1. The van der Waals surface area contributed by atoms with Gasteiger partial charge in [0, 0.05) is 11.5 Å². The maximum atomic E-state index is 12.3. The van der Waals surface area contributed by atoms with Crippen molar-refractivity contribution in [3.05, 3.63) is 32.5 Å². The molecule has 2 aromatic heterocycles. The lowest BCUT2D eigenvalue weighted by Crippen LogP contribution is -2.22. The fourth-order valence-corrected chi connectivity index (χ4v) is 4.22. The summed E-state index contributed by atoms with van der Waals surface area (Å²) < 4.78 is 9.63. The minimum Gasteiger partial charge on any atom is -0.373 e. The number of hydrogen-bond donors (Lipinski definition) is 1. The fraction of sp³-hybridized carbons (Fsp3) is 0.533. The van der Waals surface area contributed by atoms with Crippen molar-refractivity contribution in [2.45, 2.75) is 45.3 Å². The smallest absolute Gasteiger partial charge is 0.261 e. The molecule has 1 N–H and O–H groups in total. The van der Waals surface area contributed by atoms with E-state index in [1.807, 2.05) is 12.1 Å². The van der Waals surface area contributed by atoms with E-state index >= 15 is 0 Å². The zero-order valence-corrected chi connectivity index (χ0v) is 14.3. The van der Waals surface area contributed by atoms with Gasteiger partial charge in [-0.2, -0.15) is 0 Å². The summed E-state index contributed by atoms with van der Waals surface area (Å²) in [6, 6.07) is 3.88. The molecule has 0 aromatic carbocycles. The topological polar surface area (TPSA) is 64.1 Å². The van der Waals surface area contributed by atoms with Crippen molar-refractivity contribution >= 4 is 28.8 Å². The highest BCUT2D eigenvalue weighted by Gasteiger charge is 2.21. The van der Waals surface area contributed by atoms with E-state index in [-0.39, 0.29) is 12.0 Å². The Labute approximate surface area is 137 Å². The zero-order valence-electron chi connectivity index (χ0n) is 12.7. The van der Waals surface area contributed by atoms with E-state index in [0.717, 1.165) is 39.8 Å². The van der Waals surface area contributed by atoms with Gasteiger partial charge in [0.1, 0.15) is 0 Å². The summed E-state index contributed by atoms with van der Waals surface area (Å²) in [5.74, 6) is 0.274. The van der Waals surface area contributed by atoms with Crippen LogP contribution < -0.4 is 5.32 Å². The van der Waals surface area contributed by atoms with Gasteiger partial charge in [-0.15, -0.1) is 16.4 Å². The molecule has 1 aliphatic rings. The Kier molecular flexibility index (Phi) is 4.85. The molecule has 0 spiro atoms. The Bertz CT molecular complexity index is 645. The van der Waals surface area contributed by atoms with E-state index in [9.17, 15) is 4.79 Å². The SMILES string of the molecule is CC(C)c1nnsc1CNC(=O)c1ccc([C@@H]2CCCO2)s1.